The maximum Gasteiger partial charge on any atom is 0.547 e. The van der Waals surface area contributed by atoms with Crippen LogP contribution in [0.3, 0.4) is 0 Å². The summed E-state index contributed by atoms with van der Waals surface area (Å²) >= 11 is 0. The molecule has 1 atom stereocenters. The zero-order valence-electron chi connectivity index (χ0n) is 16.8. The third-order valence-corrected chi connectivity index (χ3v) is 6.34. The van der Waals surface area contributed by atoms with Gasteiger partial charge in [-0.3, -0.25) is 9.79 Å². The lowest BCUT2D eigenvalue weighted by Crippen LogP contribution is -2.53. The molecule has 0 unspecified atom stereocenters. The molecule has 10 heteroatoms. The molecule has 2 heterocycles. The highest BCUT2D eigenvalue weighted by molar-refractivity contribution is 6.47. The van der Waals surface area contributed by atoms with E-state index in [1.165, 1.54) is 6.07 Å². The molecule has 0 aromatic heterocycles. The SMILES string of the molecule is NC1=NCCN1C1CCC(CC(=O)N[C@H]2Cc3cccc(C(=O)O)c3OB2O)CC1. The van der Waals surface area contributed by atoms with Crippen LogP contribution in [0, 0.1) is 5.92 Å². The van der Waals surface area contributed by atoms with Crippen molar-refractivity contribution in [2.24, 2.45) is 16.6 Å². The van der Waals surface area contributed by atoms with Crippen LogP contribution in [0.15, 0.2) is 23.2 Å². The van der Waals surface area contributed by atoms with Crippen molar-refractivity contribution in [2.45, 2.75) is 50.5 Å². The summed E-state index contributed by atoms with van der Waals surface area (Å²) in [7, 11) is -1.28. The van der Waals surface area contributed by atoms with Crippen LogP contribution in [-0.2, 0) is 11.2 Å². The first-order valence-corrected chi connectivity index (χ1v) is 10.5. The number of para-hydroxylation sites is 1. The molecule has 5 N–H and O–H groups in total. The standard InChI is InChI=1S/C20H27BN4O5/c22-20-23-8-9-25(20)14-6-4-12(5-7-14)10-17(26)24-16-11-13-2-1-3-15(19(27)28)18(13)30-21(16)29/h1-3,12,14,16,29H,4-11H2,(H2,22,23)(H,24,26)(H,27,28)/t12?,14?,16-/m0/s1. The van der Waals surface area contributed by atoms with Gasteiger partial charge in [0.1, 0.15) is 5.75 Å². The van der Waals surface area contributed by atoms with E-state index in [-0.39, 0.29) is 17.2 Å². The Balaban J connectivity index is 1.29. The highest BCUT2D eigenvalue weighted by Crippen LogP contribution is 2.32. The Bertz CT molecular complexity index is 856. The van der Waals surface area contributed by atoms with Crippen LogP contribution in [0.25, 0.3) is 0 Å². The summed E-state index contributed by atoms with van der Waals surface area (Å²) < 4.78 is 5.44. The normalized spacial score (nSPS) is 25.9. The Morgan fingerprint density at radius 2 is 2.07 bits per heavy atom. The van der Waals surface area contributed by atoms with Crippen molar-refractivity contribution in [2.75, 3.05) is 13.1 Å². The molecule has 1 aliphatic carbocycles. The first kappa shape index (κ1) is 20.5. The number of hydrogen-bond acceptors (Lipinski definition) is 7. The maximum atomic E-state index is 12.6. The molecular weight excluding hydrogens is 387 g/mol. The van der Waals surface area contributed by atoms with Crippen LogP contribution >= 0.6 is 0 Å². The molecule has 1 amide bonds. The van der Waals surface area contributed by atoms with Crippen molar-refractivity contribution in [3.63, 3.8) is 0 Å². The van der Waals surface area contributed by atoms with Crippen molar-refractivity contribution in [1.29, 1.82) is 0 Å². The molecule has 0 saturated heterocycles. The molecular formula is C20H27BN4O5. The largest absolute Gasteiger partial charge is 0.547 e. The number of rotatable bonds is 5. The molecule has 0 spiro atoms. The minimum atomic E-state index is -1.28. The van der Waals surface area contributed by atoms with Crippen LogP contribution in [0.1, 0.15) is 48.0 Å². The van der Waals surface area contributed by atoms with Crippen molar-refractivity contribution >= 4 is 25.0 Å². The molecule has 0 radical (unpaired) electrons. The summed E-state index contributed by atoms with van der Waals surface area (Å²) in [4.78, 5) is 30.3. The van der Waals surface area contributed by atoms with E-state index in [0.717, 1.165) is 38.8 Å². The van der Waals surface area contributed by atoms with Crippen LogP contribution in [0.4, 0.5) is 0 Å². The molecule has 1 aromatic carbocycles. The monoisotopic (exact) mass is 414 g/mol. The molecule has 4 rings (SSSR count). The number of aliphatic imine (C=N–C) groups is 1. The average Bonchev–Trinajstić information content (AvgIpc) is 3.14. The Labute approximate surface area is 175 Å². The van der Waals surface area contributed by atoms with E-state index in [9.17, 15) is 19.7 Å². The summed E-state index contributed by atoms with van der Waals surface area (Å²) in [6.07, 6.45) is 4.63. The van der Waals surface area contributed by atoms with Gasteiger partial charge in [0.15, 0.2) is 5.96 Å². The molecule has 3 aliphatic rings. The average molecular weight is 414 g/mol. The van der Waals surface area contributed by atoms with E-state index in [1.54, 1.807) is 12.1 Å². The quantitative estimate of drug-likeness (QED) is 0.512. The second-order valence-corrected chi connectivity index (χ2v) is 8.30. The number of nitrogens with one attached hydrogen (secondary N) is 1. The zero-order chi connectivity index (χ0) is 21.3. The Morgan fingerprint density at radius 3 is 2.73 bits per heavy atom. The number of aromatic carboxylic acids is 1. The molecule has 1 fully saturated rings. The first-order chi connectivity index (χ1) is 14.4. The second-order valence-electron chi connectivity index (χ2n) is 8.30. The van der Waals surface area contributed by atoms with E-state index in [4.69, 9.17) is 10.4 Å². The molecule has 2 aliphatic heterocycles. The third-order valence-electron chi connectivity index (χ3n) is 6.34. The van der Waals surface area contributed by atoms with E-state index < -0.39 is 19.0 Å². The van der Waals surface area contributed by atoms with Gasteiger partial charge in [0.25, 0.3) is 0 Å². The number of carbonyl (C=O) groups excluding carboxylic acids is 1. The molecule has 9 nitrogen and oxygen atoms in total. The van der Waals surface area contributed by atoms with E-state index in [1.807, 2.05) is 0 Å². The van der Waals surface area contributed by atoms with E-state index in [0.29, 0.717) is 36.3 Å². The van der Waals surface area contributed by atoms with Gasteiger partial charge in [-0.05, 0) is 49.7 Å². The summed E-state index contributed by atoms with van der Waals surface area (Å²) in [6, 6.07) is 5.23. The number of nitrogens with zero attached hydrogens (tertiary/aromatic N) is 2. The Kier molecular flexibility index (Phi) is 5.85. The van der Waals surface area contributed by atoms with Crippen molar-refractivity contribution in [1.82, 2.24) is 10.2 Å². The van der Waals surface area contributed by atoms with Gasteiger partial charge in [-0.25, -0.2) is 4.79 Å². The number of nitrogens with two attached hydrogens (primary N) is 1. The maximum absolute atomic E-state index is 12.6. The summed E-state index contributed by atoms with van der Waals surface area (Å²) in [5.74, 6) is -0.731. The fourth-order valence-corrected chi connectivity index (χ4v) is 4.75. The lowest BCUT2D eigenvalue weighted by atomic mass is 9.72. The number of guanidine groups is 1. The Morgan fingerprint density at radius 1 is 1.30 bits per heavy atom. The van der Waals surface area contributed by atoms with Crippen LogP contribution in [-0.4, -0.2) is 65.1 Å². The fraction of sp³-hybridized carbons (Fsp3) is 0.550. The number of hydrogen-bond donors (Lipinski definition) is 4. The number of fused-ring (bicyclic) bond motifs is 1. The van der Waals surface area contributed by atoms with Gasteiger partial charge >= 0.3 is 13.1 Å². The third kappa shape index (κ3) is 4.23. The molecule has 160 valence electrons. The van der Waals surface area contributed by atoms with Gasteiger partial charge in [0.05, 0.1) is 18.0 Å². The zero-order valence-corrected chi connectivity index (χ0v) is 16.8. The first-order valence-electron chi connectivity index (χ1n) is 10.5. The van der Waals surface area contributed by atoms with Crippen LogP contribution in [0.5, 0.6) is 5.75 Å². The molecule has 1 aromatic rings. The van der Waals surface area contributed by atoms with Gasteiger partial charge in [0, 0.05) is 19.0 Å². The fourth-order valence-electron chi connectivity index (χ4n) is 4.75. The summed E-state index contributed by atoms with van der Waals surface area (Å²) in [5.41, 5.74) is 6.62. The van der Waals surface area contributed by atoms with Crippen molar-refractivity contribution < 1.29 is 24.4 Å². The van der Waals surface area contributed by atoms with Gasteiger partial charge < -0.3 is 30.7 Å². The Hall–Kier alpha value is -2.75. The van der Waals surface area contributed by atoms with E-state index >= 15 is 0 Å². The number of carbonyl (C=O) groups is 2. The number of carboxylic acid groups (broad SMARTS) is 1. The summed E-state index contributed by atoms with van der Waals surface area (Å²) in [5, 5.41) is 22.4. The smallest absolute Gasteiger partial charge is 0.534 e. The van der Waals surface area contributed by atoms with Crippen molar-refractivity contribution in [3.8, 4) is 5.75 Å². The molecule has 30 heavy (non-hydrogen) atoms. The summed E-state index contributed by atoms with van der Waals surface area (Å²) in [6.45, 7) is 1.64. The number of benzene rings is 1. The lowest BCUT2D eigenvalue weighted by molar-refractivity contribution is -0.122. The van der Waals surface area contributed by atoms with Crippen molar-refractivity contribution in [3.05, 3.63) is 29.3 Å². The lowest BCUT2D eigenvalue weighted by Gasteiger charge is -2.35. The molecule has 1 saturated carbocycles. The van der Waals surface area contributed by atoms with E-state index in [2.05, 4.69) is 15.2 Å². The molecule has 0 bridgehead atoms. The topological polar surface area (TPSA) is 137 Å². The predicted octanol–water partition coefficient (Wildman–Crippen LogP) is 0.403. The number of amides is 1. The highest BCUT2D eigenvalue weighted by atomic mass is 16.5. The van der Waals surface area contributed by atoms with Crippen LogP contribution < -0.4 is 15.7 Å². The minimum Gasteiger partial charge on any atom is -0.534 e. The van der Waals surface area contributed by atoms with Gasteiger partial charge in [-0.1, -0.05) is 12.1 Å². The highest BCUT2D eigenvalue weighted by Gasteiger charge is 2.38. The predicted molar refractivity (Wildman–Crippen MR) is 111 cm³/mol. The van der Waals surface area contributed by atoms with Gasteiger partial charge in [-0.2, -0.15) is 0 Å². The second kappa shape index (κ2) is 8.55. The minimum absolute atomic E-state index is 0.0109. The van der Waals surface area contributed by atoms with Gasteiger partial charge in [0.2, 0.25) is 5.91 Å². The van der Waals surface area contributed by atoms with Gasteiger partial charge in [-0.15, -0.1) is 0 Å². The van der Waals surface area contributed by atoms with Crippen LogP contribution in [0.2, 0.25) is 0 Å². The number of carboxylic acids is 1.